The molecule has 0 spiro atoms. The van der Waals surface area contributed by atoms with Gasteiger partial charge in [-0.15, -0.1) is 0 Å². The highest BCUT2D eigenvalue weighted by molar-refractivity contribution is 7.08. The summed E-state index contributed by atoms with van der Waals surface area (Å²) < 4.78 is 0. The molecule has 0 aliphatic rings. The molecule has 1 heterocycles. The van der Waals surface area contributed by atoms with Crippen molar-refractivity contribution in [3.63, 3.8) is 0 Å². The van der Waals surface area contributed by atoms with Crippen molar-refractivity contribution in [2.24, 2.45) is 0 Å². The summed E-state index contributed by atoms with van der Waals surface area (Å²) in [5, 5.41) is 4.06. The Balaban J connectivity index is 2.69. The molecule has 78 valence electrons. The minimum absolute atomic E-state index is 0.00106. The lowest BCUT2D eigenvalue weighted by Gasteiger charge is -2.22. The van der Waals surface area contributed by atoms with Crippen LogP contribution < -0.4 is 0 Å². The maximum Gasteiger partial charge on any atom is 0.229 e. The Kier molecular flexibility index (Phi) is 4.14. The molecule has 14 heavy (non-hydrogen) atoms. The Morgan fingerprint density at radius 1 is 1.50 bits per heavy atom. The third-order valence-corrected chi connectivity index (χ3v) is 3.19. The van der Waals surface area contributed by atoms with Crippen molar-refractivity contribution in [1.82, 2.24) is 4.90 Å². The monoisotopic (exact) mass is 211 g/mol. The average molecular weight is 211 g/mol. The predicted octanol–water partition coefficient (Wildman–Crippen LogP) is 2.72. The zero-order valence-corrected chi connectivity index (χ0v) is 9.80. The van der Waals surface area contributed by atoms with Crippen LogP contribution in [0, 0.1) is 0 Å². The van der Waals surface area contributed by atoms with Gasteiger partial charge in [-0.25, -0.2) is 0 Å². The molecule has 1 rings (SSSR count). The highest BCUT2D eigenvalue weighted by Gasteiger charge is 2.19. The van der Waals surface area contributed by atoms with E-state index >= 15 is 0 Å². The first-order valence-corrected chi connectivity index (χ1v) is 5.95. The van der Waals surface area contributed by atoms with Gasteiger partial charge in [-0.05, 0) is 43.2 Å². The zero-order chi connectivity index (χ0) is 10.6. The molecule has 0 saturated heterocycles. The van der Waals surface area contributed by atoms with E-state index in [1.165, 1.54) is 0 Å². The lowest BCUT2D eigenvalue weighted by Crippen LogP contribution is -2.33. The average Bonchev–Trinajstić information content (AvgIpc) is 2.71. The van der Waals surface area contributed by atoms with Crippen LogP contribution in [-0.2, 0) is 4.79 Å². The lowest BCUT2D eigenvalue weighted by atomic mass is 10.0. The summed E-state index contributed by atoms with van der Waals surface area (Å²) in [4.78, 5) is 13.8. The molecule has 0 aliphatic heterocycles. The summed E-state index contributed by atoms with van der Waals surface area (Å²) >= 11 is 1.64. The molecular weight excluding hydrogens is 194 g/mol. The first-order valence-electron chi connectivity index (χ1n) is 5.01. The molecule has 0 saturated carbocycles. The number of hydrogen-bond acceptors (Lipinski definition) is 2. The van der Waals surface area contributed by atoms with Gasteiger partial charge in [0, 0.05) is 13.1 Å². The second-order valence-electron chi connectivity index (χ2n) is 3.29. The minimum atomic E-state index is 0.00106. The number of nitrogens with zero attached hydrogens (tertiary/aromatic N) is 1. The third kappa shape index (κ3) is 2.35. The fourth-order valence-electron chi connectivity index (χ4n) is 1.47. The molecule has 0 aromatic carbocycles. The number of amides is 1. The molecule has 0 fully saturated rings. The largest absolute Gasteiger partial charge is 0.343 e. The summed E-state index contributed by atoms with van der Waals surface area (Å²) in [5.74, 6) is 0.231. The molecule has 0 bridgehead atoms. The molecule has 0 radical (unpaired) electrons. The molecular formula is C11H17NOS. The minimum Gasteiger partial charge on any atom is -0.343 e. The first kappa shape index (κ1) is 11.2. The molecule has 2 nitrogen and oxygen atoms in total. The van der Waals surface area contributed by atoms with Crippen LogP contribution in [0.15, 0.2) is 16.8 Å². The van der Waals surface area contributed by atoms with Crippen LogP contribution in [0.25, 0.3) is 0 Å². The van der Waals surface area contributed by atoms with E-state index in [4.69, 9.17) is 0 Å². The Morgan fingerprint density at radius 2 is 2.14 bits per heavy atom. The number of likely N-dealkylation sites (N-methyl/N-ethyl adjacent to an activating group) is 1. The van der Waals surface area contributed by atoms with E-state index in [0.717, 1.165) is 18.7 Å². The third-order valence-electron chi connectivity index (χ3n) is 2.49. The van der Waals surface area contributed by atoms with Crippen LogP contribution in [-0.4, -0.2) is 23.9 Å². The Hall–Kier alpha value is -0.830. The van der Waals surface area contributed by atoms with Gasteiger partial charge in [-0.2, -0.15) is 11.3 Å². The maximum atomic E-state index is 11.9. The molecule has 3 heteroatoms. The van der Waals surface area contributed by atoms with Gasteiger partial charge in [0.05, 0.1) is 5.92 Å². The number of rotatable bonds is 4. The summed E-state index contributed by atoms with van der Waals surface area (Å²) in [6.45, 7) is 7.60. The zero-order valence-electron chi connectivity index (χ0n) is 8.99. The smallest absolute Gasteiger partial charge is 0.229 e. The van der Waals surface area contributed by atoms with Gasteiger partial charge in [0.1, 0.15) is 0 Å². The van der Waals surface area contributed by atoms with Crippen molar-refractivity contribution in [1.29, 1.82) is 0 Å². The van der Waals surface area contributed by atoms with Gasteiger partial charge in [0.25, 0.3) is 0 Å². The summed E-state index contributed by atoms with van der Waals surface area (Å²) in [6.07, 6.45) is 0. The maximum absolute atomic E-state index is 11.9. The molecule has 0 aliphatic carbocycles. The molecule has 1 atom stereocenters. The van der Waals surface area contributed by atoms with Gasteiger partial charge in [0.15, 0.2) is 0 Å². The van der Waals surface area contributed by atoms with E-state index in [0.29, 0.717) is 0 Å². The lowest BCUT2D eigenvalue weighted by molar-refractivity contribution is -0.132. The fraction of sp³-hybridized carbons (Fsp3) is 0.545. The number of carbonyl (C=O) groups excluding carboxylic acids is 1. The highest BCUT2D eigenvalue weighted by atomic mass is 32.1. The van der Waals surface area contributed by atoms with Crippen molar-refractivity contribution in [2.75, 3.05) is 13.1 Å². The van der Waals surface area contributed by atoms with E-state index < -0.39 is 0 Å². The Labute approximate surface area is 89.5 Å². The summed E-state index contributed by atoms with van der Waals surface area (Å²) in [7, 11) is 0. The van der Waals surface area contributed by atoms with Crippen LogP contribution in [0.1, 0.15) is 32.3 Å². The van der Waals surface area contributed by atoms with Gasteiger partial charge >= 0.3 is 0 Å². The topological polar surface area (TPSA) is 20.3 Å². The SMILES string of the molecule is CCN(CC)C(=O)C(C)c1ccsc1. The molecule has 1 aromatic rings. The van der Waals surface area contributed by atoms with E-state index in [2.05, 4.69) is 0 Å². The summed E-state index contributed by atoms with van der Waals surface area (Å²) in [5.41, 5.74) is 1.13. The van der Waals surface area contributed by atoms with Crippen LogP contribution >= 0.6 is 11.3 Å². The van der Waals surface area contributed by atoms with Crippen molar-refractivity contribution in [2.45, 2.75) is 26.7 Å². The Morgan fingerprint density at radius 3 is 2.57 bits per heavy atom. The molecule has 0 N–H and O–H groups in total. The van der Waals surface area contributed by atoms with Crippen molar-refractivity contribution >= 4 is 17.2 Å². The standard InChI is InChI=1S/C11H17NOS/c1-4-12(5-2)11(13)9(3)10-6-7-14-8-10/h6-9H,4-5H2,1-3H3. The number of hydrogen-bond donors (Lipinski definition) is 0. The van der Waals surface area contributed by atoms with Gasteiger partial charge < -0.3 is 4.90 Å². The van der Waals surface area contributed by atoms with Crippen molar-refractivity contribution < 1.29 is 4.79 Å². The predicted molar refractivity (Wildman–Crippen MR) is 60.7 cm³/mol. The van der Waals surface area contributed by atoms with Crippen molar-refractivity contribution in [3.05, 3.63) is 22.4 Å². The number of carbonyl (C=O) groups is 1. The van der Waals surface area contributed by atoms with E-state index in [9.17, 15) is 4.79 Å². The van der Waals surface area contributed by atoms with E-state index in [1.54, 1.807) is 11.3 Å². The van der Waals surface area contributed by atoms with Gasteiger partial charge in [-0.3, -0.25) is 4.79 Å². The normalized spacial score (nSPS) is 12.5. The van der Waals surface area contributed by atoms with Crippen LogP contribution in [0.5, 0.6) is 0 Å². The van der Waals surface area contributed by atoms with Crippen LogP contribution in [0.3, 0.4) is 0 Å². The molecule has 1 amide bonds. The van der Waals surface area contributed by atoms with E-state index in [-0.39, 0.29) is 11.8 Å². The molecule has 1 aromatic heterocycles. The van der Waals surface area contributed by atoms with Gasteiger partial charge in [0.2, 0.25) is 5.91 Å². The van der Waals surface area contributed by atoms with E-state index in [1.807, 2.05) is 42.5 Å². The quantitative estimate of drug-likeness (QED) is 0.750. The van der Waals surface area contributed by atoms with Gasteiger partial charge in [-0.1, -0.05) is 0 Å². The summed E-state index contributed by atoms with van der Waals surface area (Å²) in [6, 6.07) is 2.02. The molecule has 1 unspecified atom stereocenters. The van der Waals surface area contributed by atoms with Crippen LogP contribution in [0.4, 0.5) is 0 Å². The Bertz CT molecular complexity index is 277. The second kappa shape index (κ2) is 5.15. The first-order chi connectivity index (χ1) is 6.70. The number of thiophene rings is 1. The fourth-order valence-corrected chi connectivity index (χ4v) is 2.23. The van der Waals surface area contributed by atoms with Crippen LogP contribution in [0.2, 0.25) is 0 Å². The highest BCUT2D eigenvalue weighted by Crippen LogP contribution is 2.20. The second-order valence-corrected chi connectivity index (χ2v) is 4.07. The van der Waals surface area contributed by atoms with Crippen molar-refractivity contribution in [3.8, 4) is 0 Å².